The van der Waals surface area contributed by atoms with Crippen LogP contribution in [0.4, 0.5) is 5.69 Å². The largest absolute Gasteiger partial charge is 0.355 e. The van der Waals surface area contributed by atoms with E-state index in [1.165, 1.54) is 4.90 Å². The number of fused-ring (bicyclic) bond motifs is 1. The van der Waals surface area contributed by atoms with E-state index in [-0.39, 0.29) is 12.5 Å². The lowest BCUT2D eigenvalue weighted by Gasteiger charge is -2.33. The Morgan fingerprint density at radius 3 is 2.33 bits per heavy atom. The van der Waals surface area contributed by atoms with Gasteiger partial charge in [-0.05, 0) is 42.5 Å². The zero-order valence-corrected chi connectivity index (χ0v) is 22.7. The minimum Gasteiger partial charge on any atom is -0.355 e. The third kappa shape index (κ3) is 6.49. The van der Waals surface area contributed by atoms with Gasteiger partial charge < -0.3 is 10.2 Å². The van der Waals surface area contributed by atoms with E-state index in [0.29, 0.717) is 39.6 Å². The second-order valence-corrected chi connectivity index (χ2v) is 11.1. The van der Waals surface area contributed by atoms with Crippen LogP contribution in [0.15, 0.2) is 60.7 Å². The summed E-state index contributed by atoms with van der Waals surface area (Å²) in [5.41, 5.74) is 0.979. The molecular weight excluding hydrogens is 521 g/mol. The van der Waals surface area contributed by atoms with E-state index in [9.17, 15) is 18.0 Å². The van der Waals surface area contributed by atoms with E-state index in [4.69, 9.17) is 23.2 Å². The topological polar surface area (TPSA) is 86.8 Å². The quantitative estimate of drug-likeness (QED) is 0.391. The molecule has 36 heavy (non-hydrogen) atoms. The minimum atomic E-state index is -3.85. The van der Waals surface area contributed by atoms with Crippen LogP contribution in [0.1, 0.15) is 25.8 Å². The van der Waals surface area contributed by atoms with E-state index in [0.717, 1.165) is 15.9 Å². The van der Waals surface area contributed by atoms with E-state index >= 15 is 0 Å². The Hall–Kier alpha value is -2.81. The molecule has 0 bridgehead atoms. The highest BCUT2D eigenvalue weighted by atomic mass is 35.5. The maximum absolute atomic E-state index is 13.8. The molecule has 0 saturated heterocycles. The Morgan fingerprint density at radius 2 is 1.69 bits per heavy atom. The average molecular weight is 551 g/mol. The number of anilines is 1. The summed E-state index contributed by atoms with van der Waals surface area (Å²) in [7, 11) is -3.85. The van der Waals surface area contributed by atoms with Crippen LogP contribution in [0.3, 0.4) is 0 Å². The van der Waals surface area contributed by atoms with Crippen LogP contribution in [0.5, 0.6) is 0 Å². The maximum Gasteiger partial charge on any atom is 0.244 e. The summed E-state index contributed by atoms with van der Waals surface area (Å²) in [6.45, 7) is 3.51. The van der Waals surface area contributed by atoms with Gasteiger partial charge in [-0.15, -0.1) is 0 Å². The molecule has 0 aliphatic carbocycles. The number of halogens is 2. The van der Waals surface area contributed by atoms with Crippen molar-refractivity contribution in [3.63, 3.8) is 0 Å². The van der Waals surface area contributed by atoms with Gasteiger partial charge in [-0.2, -0.15) is 0 Å². The van der Waals surface area contributed by atoms with Crippen LogP contribution in [-0.2, 0) is 26.2 Å². The number of carbonyl (C=O) groups is 2. The Kier molecular flexibility index (Phi) is 9.22. The van der Waals surface area contributed by atoms with Crippen LogP contribution < -0.4 is 9.62 Å². The molecule has 0 saturated carbocycles. The van der Waals surface area contributed by atoms with E-state index in [1.54, 1.807) is 44.2 Å². The highest BCUT2D eigenvalue weighted by Crippen LogP contribution is 2.29. The Labute approximate surface area is 222 Å². The summed E-state index contributed by atoms with van der Waals surface area (Å²) < 4.78 is 26.9. The lowest BCUT2D eigenvalue weighted by Crippen LogP contribution is -2.52. The van der Waals surface area contributed by atoms with Crippen molar-refractivity contribution >= 4 is 61.5 Å². The Balaban J connectivity index is 2.05. The van der Waals surface area contributed by atoms with Gasteiger partial charge in [-0.3, -0.25) is 13.9 Å². The molecule has 192 valence electrons. The molecule has 0 radical (unpaired) electrons. The fraction of sp³-hybridized carbons (Fsp3) is 0.308. The number of hydrogen-bond donors (Lipinski definition) is 1. The summed E-state index contributed by atoms with van der Waals surface area (Å²) in [5.74, 6) is -0.855. The molecule has 0 aromatic heterocycles. The van der Waals surface area contributed by atoms with Crippen molar-refractivity contribution in [1.29, 1.82) is 0 Å². The zero-order chi connectivity index (χ0) is 26.5. The second kappa shape index (κ2) is 12.0. The summed E-state index contributed by atoms with van der Waals surface area (Å²) in [5, 5.41) is 5.09. The van der Waals surface area contributed by atoms with Crippen molar-refractivity contribution in [2.24, 2.45) is 0 Å². The summed E-state index contributed by atoms with van der Waals surface area (Å²) in [6, 6.07) is 16.7. The van der Waals surface area contributed by atoms with Crippen LogP contribution in [0.25, 0.3) is 10.8 Å². The number of benzene rings is 3. The highest BCUT2D eigenvalue weighted by molar-refractivity contribution is 7.92. The number of sulfonamides is 1. The normalized spacial score (nSPS) is 12.2. The number of nitrogens with one attached hydrogen (secondary N) is 1. The first kappa shape index (κ1) is 27.8. The molecule has 3 aromatic rings. The van der Waals surface area contributed by atoms with Crippen molar-refractivity contribution in [3.8, 4) is 0 Å². The molecule has 1 atom stereocenters. The molecule has 7 nitrogen and oxygen atoms in total. The molecule has 3 aromatic carbocycles. The average Bonchev–Trinajstić information content (AvgIpc) is 2.82. The van der Waals surface area contributed by atoms with E-state index < -0.39 is 28.5 Å². The van der Waals surface area contributed by atoms with Gasteiger partial charge in [0.1, 0.15) is 12.6 Å². The molecular formula is C26H29Cl2N3O4S. The van der Waals surface area contributed by atoms with Gasteiger partial charge in [-0.1, -0.05) is 72.6 Å². The fourth-order valence-electron chi connectivity index (χ4n) is 4.07. The molecule has 0 fully saturated rings. The van der Waals surface area contributed by atoms with Gasteiger partial charge in [0.15, 0.2) is 0 Å². The van der Waals surface area contributed by atoms with Gasteiger partial charge in [0.05, 0.1) is 11.9 Å². The number of likely N-dealkylation sites (N-methyl/N-ethyl adjacent to an activating group) is 1. The lowest BCUT2D eigenvalue weighted by molar-refractivity contribution is -0.140. The molecule has 0 spiro atoms. The van der Waals surface area contributed by atoms with E-state index in [2.05, 4.69) is 5.32 Å². The lowest BCUT2D eigenvalue weighted by atomic mass is 10.1. The van der Waals surface area contributed by atoms with Gasteiger partial charge in [0, 0.05) is 28.5 Å². The zero-order valence-electron chi connectivity index (χ0n) is 20.4. The van der Waals surface area contributed by atoms with Crippen molar-refractivity contribution in [2.45, 2.75) is 32.9 Å². The maximum atomic E-state index is 13.8. The van der Waals surface area contributed by atoms with Crippen molar-refractivity contribution in [3.05, 3.63) is 76.3 Å². The predicted molar refractivity (Wildman–Crippen MR) is 146 cm³/mol. The third-order valence-electron chi connectivity index (χ3n) is 5.81. The van der Waals surface area contributed by atoms with Gasteiger partial charge in [0.25, 0.3) is 0 Å². The fourth-order valence-corrected chi connectivity index (χ4v) is 5.40. The van der Waals surface area contributed by atoms with Crippen molar-refractivity contribution in [2.75, 3.05) is 23.7 Å². The smallest absolute Gasteiger partial charge is 0.244 e. The SMILES string of the molecule is CCNC(=O)[C@H](CC)N(Cc1ccc(Cl)cc1Cl)C(=O)CN(c1cccc2ccccc12)S(C)(=O)=O. The molecule has 2 amide bonds. The van der Waals surface area contributed by atoms with Crippen LogP contribution in [0, 0.1) is 0 Å². The monoisotopic (exact) mass is 549 g/mol. The summed E-state index contributed by atoms with van der Waals surface area (Å²) >= 11 is 12.4. The molecule has 0 aliphatic rings. The van der Waals surface area contributed by atoms with Crippen LogP contribution in [0.2, 0.25) is 10.0 Å². The first-order valence-corrected chi connectivity index (χ1v) is 14.1. The highest BCUT2D eigenvalue weighted by Gasteiger charge is 2.32. The third-order valence-corrected chi connectivity index (χ3v) is 7.52. The molecule has 3 rings (SSSR count). The van der Waals surface area contributed by atoms with Crippen LogP contribution in [-0.4, -0.2) is 50.5 Å². The predicted octanol–water partition coefficient (Wildman–Crippen LogP) is 4.86. The number of amides is 2. The summed E-state index contributed by atoms with van der Waals surface area (Å²) in [4.78, 5) is 28.0. The summed E-state index contributed by atoms with van der Waals surface area (Å²) in [6.07, 6.45) is 1.39. The molecule has 0 heterocycles. The minimum absolute atomic E-state index is 0.0115. The van der Waals surface area contributed by atoms with Crippen LogP contribution >= 0.6 is 23.2 Å². The Bertz CT molecular complexity index is 1360. The molecule has 1 N–H and O–H groups in total. The number of hydrogen-bond acceptors (Lipinski definition) is 4. The Morgan fingerprint density at radius 1 is 1.00 bits per heavy atom. The molecule has 0 unspecified atom stereocenters. The van der Waals surface area contributed by atoms with Gasteiger partial charge in [0.2, 0.25) is 21.8 Å². The number of carbonyl (C=O) groups excluding carboxylic acids is 2. The first-order valence-electron chi connectivity index (χ1n) is 11.5. The van der Waals surface area contributed by atoms with Crippen molar-refractivity contribution in [1.82, 2.24) is 10.2 Å². The number of nitrogens with zero attached hydrogens (tertiary/aromatic N) is 2. The standard InChI is InChI=1S/C26H29Cl2N3O4S/c1-4-23(26(33)29-5-2)30(16-19-13-14-20(27)15-22(19)28)25(32)17-31(36(3,34)35)24-12-8-10-18-9-6-7-11-21(18)24/h6-15,23H,4-5,16-17H2,1-3H3,(H,29,33)/t23-/m0/s1. The van der Waals surface area contributed by atoms with E-state index in [1.807, 2.05) is 30.3 Å². The second-order valence-electron chi connectivity index (χ2n) is 8.34. The molecule has 10 heteroatoms. The van der Waals surface area contributed by atoms with Gasteiger partial charge in [-0.25, -0.2) is 8.42 Å². The van der Waals surface area contributed by atoms with Crippen molar-refractivity contribution < 1.29 is 18.0 Å². The first-order chi connectivity index (χ1) is 17.1. The molecule has 0 aliphatic heterocycles. The number of rotatable bonds is 10. The van der Waals surface area contributed by atoms with Gasteiger partial charge >= 0.3 is 0 Å².